The van der Waals surface area contributed by atoms with Crippen LogP contribution in [0.3, 0.4) is 0 Å². The van der Waals surface area contributed by atoms with Crippen molar-refractivity contribution in [2.45, 2.75) is 13.8 Å². The summed E-state index contributed by atoms with van der Waals surface area (Å²) in [5.41, 5.74) is 8.13. The van der Waals surface area contributed by atoms with E-state index in [1.807, 2.05) is 38.1 Å². The molecule has 0 saturated heterocycles. The number of nitrogens with zero attached hydrogens (tertiary/aromatic N) is 2. The van der Waals surface area contributed by atoms with Crippen molar-refractivity contribution in [3.05, 3.63) is 35.7 Å². The molecule has 0 atom stereocenters. The van der Waals surface area contributed by atoms with E-state index in [4.69, 9.17) is 4.79 Å². The number of para-hydroxylation sites is 2. The summed E-state index contributed by atoms with van der Waals surface area (Å²) >= 11 is 0. The molecular weight excluding hydrogens is 190 g/mol. The van der Waals surface area contributed by atoms with E-state index in [1.165, 1.54) is 0 Å². The van der Waals surface area contributed by atoms with Crippen molar-refractivity contribution in [1.29, 1.82) is 0 Å². The normalized spacial score (nSPS) is 9.20. The van der Waals surface area contributed by atoms with Gasteiger partial charge in [-0.2, -0.15) is 0 Å². The van der Waals surface area contributed by atoms with Gasteiger partial charge in [0.1, 0.15) is 0 Å². The van der Waals surface area contributed by atoms with Crippen molar-refractivity contribution in [3.63, 3.8) is 0 Å². The summed E-state index contributed by atoms with van der Waals surface area (Å²) in [4.78, 5) is 17.4. The fourth-order valence-corrected chi connectivity index (χ4v) is 1.18. The van der Waals surface area contributed by atoms with E-state index in [1.54, 1.807) is 0 Å². The molecule has 1 heterocycles. The van der Waals surface area contributed by atoms with E-state index in [0.717, 1.165) is 22.4 Å². The molecule has 2 N–H and O–H groups in total. The number of benzene rings is 1. The Hall–Kier alpha value is -1.97. The molecule has 1 aromatic carbocycles. The van der Waals surface area contributed by atoms with E-state index in [-0.39, 0.29) is 6.41 Å². The molecule has 2 aromatic rings. The smallest absolute Gasteiger partial charge is 0.204 e. The summed E-state index contributed by atoms with van der Waals surface area (Å²) in [6.07, 6.45) is 0.250. The van der Waals surface area contributed by atoms with Crippen molar-refractivity contribution in [1.82, 2.24) is 9.97 Å². The molecule has 2 rings (SSSR count). The van der Waals surface area contributed by atoms with E-state index >= 15 is 0 Å². The van der Waals surface area contributed by atoms with Crippen LogP contribution in [0.2, 0.25) is 0 Å². The lowest BCUT2D eigenvalue weighted by atomic mass is 10.2. The Morgan fingerprint density at radius 2 is 1.40 bits per heavy atom. The number of fused-ring (bicyclic) bond motifs is 1. The van der Waals surface area contributed by atoms with Crippen LogP contribution < -0.4 is 5.73 Å². The lowest BCUT2D eigenvalue weighted by Crippen LogP contribution is -1.92. The van der Waals surface area contributed by atoms with Crippen molar-refractivity contribution >= 4 is 17.4 Å². The summed E-state index contributed by atoms with van der Waals surface area (Å²) in [7, 11) is 0. The number of rotatable bonds is 0. The van der Waals surface area contributed by atoms with Crippen molar-refractivity contribution in [2.75, 3.05) is 0 Å². The number of hydrogen-bond donors (Lipinski definition) is 1. The standard InChI is InChI=1S/C10H10N2.CH3NO/c1-7-8(2)12-10-6-4-3-5-9(10)11-7;2-1-3/h3-6H,1-2H3;1H,(H2,2,3). The zero-order valence-corrected chi connectivity index (χ0v) is 8.77. The molecule has 0 aliphatic heterocycles. The van der Waals surface area contributed by atoms with Crippen LogP contribution in [0.15, 0.2) is 24.3 Å². The molecule has 0 saturated carbocycles. The first kappa shape index (κ1) is 11.1. The van der Waals surface area contributed by atoms with Crippen LogP contribution in [-0.4, -0.2) is 16.4 Å². The second-order valence-electron chi connectivity index (χ2n) is 3.02. The highest BCUT2D eigenvalue weighted by molar-refractivity contribution is 5.74. The zero-order chi connectivity index (χ0) is 11.3. The number of aryl methyl sites for hydroxylation is 2. The average Bonchev–Trinajstić information content (AvgIpc) is 2.21. The summed E-state index contributed by atoms with van der Waals surface area (Å²) in [6, 6.07) is 7.92. The van der Waals surface area contributed by atoms with Gasteiger partial charge in [0.05, 0.1) is 22.4 Å². The van der Waals surface area contributed by atoms with Gasteiger partial charge in [0.25, 0.3) is 0 Å². The SMILES string of the molecule is Cc1nc2ccccc2nc1C.NC=O. The number of carbonyl (C=O) groups is 1. The molecule has 0 spiro atoms. The second kappa shape index (κ2) is 5.05. The van der Waals surface area contributed by atoms with Gasteiger partial charge in [0, 0.05) is 0 Å². The largest absolute Gasteiger partial charge is 0.372 e. The van der Waals surface area contributed by atoms with Crippen LogP contribution in [0.5, 0.6) is 0 Å². The van der Waals surface area contributed by atoms with Gasteiger partial charge in [-0.1, -0.05) is 12.1 Å². The monoisotopic (exact) mass is 203 g/mol. The van der Waals surface area contributed by atoms with Gasteiger partial charge in [0.15, 0.2) is 0 Å². The second-order valence-corrected chi connectivity index (χ2v) is 3.02. The van der Waals surface area contributed by atoms with Gasteiger partial charge in [-0.3, -0.25) is 4.79 Å². The van der Waals surface area contributed by atoms with Crippen LogP contribution in [-0.2, 0) is 4.79 Å². The molecule has 0 fully saturated rings. The topological polar surface area (TPSA) is 68.9 Å². The van der Waals surface area contributed by atoms with E-state index < -0.39 is 0 Å². The number of hydrogen-bond acceptors (Lipinski definition) is 3. The molecule has 1 aromatic heterocycles. The fourth-order valence-electron chi connectivity index (χ4n) is 1.18. The molecule has 15 heavy (non-hydrogen) atoms. The molecule has 0 aliphatic carbocycles. The Morgan fingerprint density at radius 3 is 1.73 bits per heavy atom. The number of aromatic nitrogens is 2. The van der Waals surface area contributed by atoms with Gasteiger partial charge < -0.3 is 5.73 Å². The maximum atomic E-state index is 8.58. The third kappa shape index (κ3) is 2.74. The third-order valence-corrected chi connectivity index (χ3v) is 1.98. The van der Waals surface area contributed by atoms with Crippen molar-refractivity contribution < 1.29 is 4.79 Å². The molecule has 4 nitrogen and oxygen atoms in total. The van der Waals surface area contributed by atoms with Crippen molar-refractivity contribution in [3.8, 4) is 0 Å². The summed E-state index contributed by atoms with van der Waals surface area (Å²) in [5.74, 6) is 0. The Morgan fingerprint density at radius 1 is 1.07 bits per heavy atom. The Kier molecular flexibility index (Phi) is 3.74. The predicted octanol–water partition coefficient (Wildman–Crippen LogP) is 1.35. The zero-order valence-electron chi connectivity index (χ0n) is 8.77. The fraction of sp³-hybridized carbons (Fsp3) is 0.182. The highest BCUT2D eigenvalue weighted by atomic mass is 16.1. The van der Waals surface area contributed by atoms with Gasteiger partial charge in [-0.25, -0.2) is 9.97 Å². The van der Waals surface area contributed by atoms with Gasteiger partial charge in [-0.05, 0) is 26.0 Å². The van der Waals surface area contributed by atoms with Crippen LogP contribution in [0.1, 0.15) is 11.4 Å². The molecule has 78 valence electrons. The lowest BCUT2D eigenvalue weighted by Gasteiger charge is -2.00. The van der Waals surface area contributed by atoms with Gasteiger partial charge in [0.2, 0.25) is 6.41 Å². The number of amides is 1. The molecular formula is C11H13N3O. The Balaban J connectivity index is 0.000000337. The Labute approximate surface area is 88.2 Å². The Bertz CT molecular complexity index is 428. The van der Waals surface area contributed by atoms with E-state index in [0.29, 0.717) is 0 Å². The van der Waals surface area contributed by atoms with Gasteiger partial charge >= 0.3 is 0 Å². The first-order chi connectivity index (χ1) is 7.19. The maximum Gasteiger partial charge on any atom is 0.204 e. The predicted molar refractivity (Wildman–Crippen MR) is 59.3 cm³/mol. The van der Waals surface area contributed by atoms with Crippen LogP contribution in [0.4, 0.5) is 0 Å². The van der Waals surface area contributed by atoms with Crippen LogP contribution >= 0.6 is 0 Å². The molecule has 0 unspecified atom stereocenters. The first-order valence-electron chi connectivity index (χ1n) is 4.54. The van der Waals surface area contributed by atoms with Crippen molar-refractivity contribution in [2.24, 2.45) is 5.73 Å². The molecule has 0 radical (unpaired) electrons. The molecule has 0 bridgehead atoms. The lowest BCUT2D eigenvalue weighted by molar-refractivity contribution is -0.106. The van der Waals surface area contributed by atoms with Crippen LogP contribution in [0, 0.1) is 13.8 Å². The molecule has 1 amide bonds. The first-order valence-corrected chi connectivity index (χ1v) is 4.54. The third-order valence-electron chi connectivity index (χ3n) is 1.98. The summed E-state index contributed by atoms with van der Waals surface area (Å²) in [5, 5.41) is 0. The maximum absolute atomic E-state index is 8.58. The molecule has 4 heteroatoms. The summed E-state index contributed by atoms with van der Waals surface area (Å²) in [6.45, 7) is 3.96. The van der Waals surface area contributed by atoms with Gasteiger partial charge in [-0.15, -0.1) is 0 Å². The minimum atomic E-state index is 0.250. The van der Waals surface area contributed by atoms with E-state index in [2.05, 4.69) is 15.7 Å². The minimum absolute atomic E-state index is 0.250. The number of nitrogens with two attached hydrogens (primary N) is 1. The summed E-state index contributed by atoms with van der Waals surface area (Å²) < 4.78 is 0. The average molecular weight is 203 g/mol. The number of primary amides is 1. The van der Waals surface area contributed by atoms with Crippen LogP contribution in [0.25, 0.3) is 11.0 Å². The minimum Gasteiger partial charge on any atom is -0.372 e. The molecule has 0 aliphatic rings. The number of carbonyl (C=O) groups excluding carboxylic acids is 1. The highest BCUT2D eigenvalue weighted by Gasteiger charge is 1.98. The quantitative estimate of drug-likeness (QED) is 0.657. The van der Waals surface area contributed by atoms with E-state index in [9.17, 15) is 0 Å². The highest BCUT2D eigenvalue weighted by Crippen LogP contribution is 2.10.